The van der Waals surface area contributed by atoms with Crippen molar-refractivity contribution in [2.75, 3.05) is 13.7 Å². The molecule has 9 heteroatoms. The minimum Gasteiger partial charge on any atom is -0.438 e. The molecule has 0 radical (unpaired) electrons. The molecule has 0 bridgehead atoms. The van der Waals surface area contributed by atoms with Crippen LogP contribution in [0.5, 0.6) is 0 Å². The molecule has 0 aromatic heterocycles. The highest BCUT2D eigenvalue weighted by Crippen LogP contribution is 2.34. The van der Waals surface area contributed by atoms with Gasteiger partial charge in [-0.3, -0.25) is 0 Å². The Morgan fingerprint density at radius 1 is 1.27 bits per heavy atom. The number of hydrogen-bond donors (Lipinski definition) is 0. The molecule has 0 aliphatic carbocycles. The van der Waals surface area contributed by atoms with Crippen molar-refractivity contribution in [1.29, 1.82) is 0 Å². The molecule has 3 nitrogen and oxygen atoms in total. The maximum Gasteiger partial charge on any atom is 0.508 e. The van der Waals surface area contributed by atoms with E-state index in [0.717, 1.165) is 7.11 Å². The Balaban J connectivity index is 4.35. The van der Waals surface area contributed by atoms with Crippen LogP contribution in [0.4, 0.5) is 31.1 Å². The van der Waals surface area contributed by atoms with Crippen molar-refractivity contribution in [3.63, 3.8) is 0 Å². The highest BCUT2D eigenvalue weighted by Gasteiger charge is 2.57. The van der Waals surface area contributed by atoms with Crippen LogP contribution in [0.25, 0.3) is 0 Å². The maximum absolute atomic E-state index is 12.4. The summed E-state index contributed by atoms with van der Waals surface area (Å²) in [6.45, 7) is -2.04. The molecule has 0 aliphatic rings. The van der Waals surface area contributed by atoms with Gasteiger partial charge in [0.1, 0.15) is 0 Å². The van der Waals surface area contributed by atoms with Crippen LogP contribution < -0.4 is 0 Å². The Labute approximate surface area is 79.9 Å². The molecule has 0 spiro atoms. The molecule has 1 unspecified atom stereocenters. The number of carbonyl (C=O) groups is 1. The van der Waals surface area contributed by atoms with E-state index in [-0.39, 0.29) is 0 Å². The molecule has 0 amide bonds. The SMILES string of the molecule is COC(=O)OCC(F)(F)C(F)C(F)(F)F. The zero-order valence-corrected chi connectivity index (χ0v) is 7.28. The highest BCUT2D eigenvalue weighted by atomic mass is 19.4. The van der Waals surface area contributed by atoms with Crippen molar-refractivity contribution in [3.8, 4) is 0 Å². The van der Waals surface area contributed by atoms with Crippen LogP contribution >= 0.6 is 0 Å². The van der Waals surface area contributed by atoms with Crippen molar-refractivity contribution in [1.82, 2.24) is 0 Å². The van der Waals surface area contributed by atoms with E-state index in [4.69, 9.17) is 0 Å². The van der Waals surface area contributed by atoms with Gasteiger partial charge >= 0.3 is 18.3 Å². The third kappa shape index (κ3) is 4.26. The van der Waals surface area contributed by atoms with Gasteiger partial charge in [-0.25, -0.2) is 9.18 Å². The Morgan fingerprint density at radius 3 is 2.07 bits per heavy atom. The first-order valence-electron chi connectivity index (χ1n) is 3.40. The third-order valence-corrected chi connectivity index (χ3v) is 1.21. The van der Waals surface area contributed by atoms with E-state index in [1.165, 1.54) is 0 Å². The van der Waals surface area contributed by atoms with Crippen LogP contribution in [0, 0.1) is 0 Å². The van der Waals surface area contributed by atoms with Crippen molar-refractivity contribution in [2.45, 2.75) is 18.3 Å². The zero-order chi connectivity index (χ0) is 12.3. The second-order valence-electron chi connectivity index (χ2n) is 2.41. The minimum atomic E-state index is -5.72. The number of ether oxygens (including phenoxy) is 2. The summed E-state index contributed by atoms with van der Waals surface area (Å²) in [5, 5.41) is 0. The van der Waals surface area contributed by atoms with Gasteiger partial charge in [0.2, 0.25) is 0 Å². The van der Waals surface area contributed by atoms with E-state index in [1.807, 2.05) is 0 Å². The first kappa shape index (κ1) is 13.8. The number of alkyl halides is 6. The maximum atomic E-state index is 12.4. The molecular formula is C6H6F6O3. The van der Waals surface area contributed by atoms with E-state index >= 15 is 0 Å². The summed E-state index contributed by atoms with van der Waals surface area (Å²) in [5.74, 6) is -4.84. The monoisotopic (exact) mass is 240 g/mol. The van der Waals surface area contributed by atoms with Gasteiger partial charge < -0.3 is 9.47 Å². The zero-order valence-electron chi connectivity index (χ0n) is 7.28. The third-order valence-electron chi connectivity index (χ3n) is 1.21. The van der Waals surface area contributed by atoms with Crippen LogP contribution in [0.2, 0.25) is 0 Å². The summed E-state index contributed by atoms with van der Waals surface area (Å²) >= 11 is 0. The lowest BCUT2D eigenvalue weighted by Crippen LogP contribution is -2.45. The number of methoxy groups -OCH3 is 1. The number of hydrogen-bond acceptors (Lipinski definition) is 3. The molecule has 90 valence electrons. The summed E-state index contributed by atoms with van der Waals surface area (Å²) in [6.07, 6.45) is -11.7. The Hall–Kier alpha value is -1.15. The predicted octanol–water partition coefficient (Wildman–Crippen LogP) is 2.31. The summed E-state index contributed by atoms with van der Waals surface area (Å²) < 4.78 is 78.7. The largest absolute Gasteiger partial charge is 0.508 e. The van der Waals surface area contributed by atoms with Gasteiger partial charge in [0.25, 0.3) is 6.17 Å². The molecule has 0 fully saturated rings. The quantitative estimate of drug-likeness (QED) is 0.560. The Kier molecular flexibility index (Phi) is 4.23. The smallest absolute Gasteiger partial charge is 0.438 e. The van der Waals surface area contributed by atoms with Crippen LogP contribution in [0.1, 0.15) is 0 Å². The van der Waals surface area contributed by atoms with E-state index in [2.05, 4.69) is 9.47 Å². The van der Waals surface area contributed by atoms with Gasteiger partial charge in [-0.15, -0.1) is 0 Å². The second-order valence-corrected chi connectivity index (χ2v) is 2.41. The van der Waals surface area contributed by atoms with Crippen LogP contribution in [0.3, 0.4) is 0 Å². The lowest BCUT2D eigenvalue weighted by molar-refractivity contribution is -0.252. The number of halogens is 6. The first-order chi connectivity index (χ1) is 6.61. The van der Waals surface area contributed by atoms with Gasteiger partial charge in [-0.1, -0.05) is 0 Å². The van der Waals surface area contributed by atoms with Gasteiger partial charge in [-0.05, 0) is 0 Å². The van der Waals surface area contributed by atoms with Gasteiger partial charge in [0.15, 0.2) is 6.61 Å². The molecule has 15 heavy (non-hydrogen) atoms. The standard InChI is InChI=1S/C6H6F6O3/c1-14-4(13)15-2-5(8,9)3(7)6(10,11)12/h3H,2H2,1H3. The normalized spacial score (nSPS) is 14.6. The number of carbonyl (C=O) groups excluding carboxylic acids is 1. The lowest BCUT2D eigenvalue weighted by atomic mass is 10.2. The fraction of sp³-hybridized carbons (Fsp3) is 0.833. The number of rotatable bonds is 3. The summed E-state index contributed by atoms with van der Waals surface area (Å²) in [7, 11) is 0.761. The van der Waals surface area contributed by atoms with Crippen LogP contribution in [-0.2, 0) is 9.47 Å². The molecule has 0 saturated carbocycles. The van der Waals surface area contributed by atoms with Crippen LogP contribution in [-0.4, -0.2) is 38.1 Å². The average molecular weight is 240 g/mol. The molecule has 0 N–H and O–H groups in total. The molecule has 1 atom stereocenters. The van der Waals surface area contributed by atoms with Gasteiger partial charge in [-0.2, -0.15) is 22.0 Å². The molecule has 0 rings (SSSR count). The summed E-state index contributed by atoms with van der Waals surface area (Å²) in [4.78, 5) is 10.1. The molecule has 0 aliphatic heterocycles. The summed E-state index contributed by atoms with van der Waals surface area (Å²) in [5.41, 5.74) is 0. The van der Waals surface area contributed by atoms with Crippen molar-refractivity contribution < 1.29 is 40.6 Å². The molecule has 0 saturated heterocycles. The van der Waals surface area contributed by atoms with Crippen LogP contribution in [0.15, 0.2) is 0 Å². The van der Waals surface area contributed by atoms with Gasteiger partial charge in [0.05, 0.1) is 7.11 Å². The van der Waals surface area contributed by atoms with E-state index in [1.54, 1.807) is 0 Å². The lowest BCUT2D eigenvalue weighted by Gasteiger charge is -2.21. The molecule has 0 heterocycles. The predicted molar refractivity (Wildman–Crippen MR) is 34.3 cm³/mol. The highest BCUT2D eigenvalue weighted by molar-refractivity contribution is 5.59. The van der Waals surface area contributed by atoms with Gasteiger partial charge in [0, 0.05) is 0 Å². The second kappa shape index (κ2) is 4.58. The topological polar surface area (TPSA) is 35.5 Å². The first-order valence-corrected chi connectivity index (χ1v) is 3.40. The Bertz CT molecular complexity index is 225. The molecular weight excluding hydrogens is 234 g/mol. The minimum absolute atomic E-state index is 0.761. The fourth-order valence-corrected chi connectivity index (χ4v) is 0.527. The van der Waals surface area contributed by atoms with Crippen molar-refractivity contribution >= 4 is 6.16 Å². The van der Waals surface area contributed by atoms with Crippen molar-refractivity contribution in [2.24, 2.45) is 0 Å². The molecule has 0 aromatic carbocycles. The Morgan fingerprint density at radius 2 is 1.73 bits per heavy atom. The molecule has 0 aromatic rings. The van der Waals surface area contributed by atoms with E-state index < -0.39 is 31.0 Å². The van der Waals surface area contributed by atoms with E-state index in [9.17, 15) is 31.1 Å². The van der Waals surface area contributed by atoms with Crippen molar-refractivity contribution in [3.05, 3.63) is 0 Å². The summed E-state index contributed by atoms with van der Waals surface area (Å²) in [6, 6.07) is 0. The average Bonchev–Trinajstić information content (AvgIpc) is 2.11. The fourth-order valence-electron chi connectivity index (χ4n) is 0.527. The van der Waals surface area contributed by atoms with E-state index in [0.29, 0.717) is 0 Å².